The number of hydrogen-bond donors (Lipinski definition) is 9. The van der Waals surface area contributed by atoms with Crippen molar-refractivity contribution < 1.29 is 43.5 Å². The van der Waals surface area contributed by atoms with Crippen LogP contribution >= 0.6 is 12.2 Å². The lowest BCUT2D eigenvalue weighted by Crippen LogP contribution is -2.54. The summed E-state index contributed by atoms with van der Waals surface area (Å²) < 4.78 is 0. The lowest BCUT2D eigenvalue weighted by molar-refractivity contribution is -0.139. The number of carboxylic acid groups (broad SMARTS) is 1. The third kappa shape index (κ3) is 21.5. The van der Waals surface area contributed by atoms with E-state index >= 15 is 0 Å². The molecule has 1 heterocycles. The van der Waals surface area contributed by atoms with E-state index < -0.39 is 41.7 Å². The first-order chi connectivity index (χ1) is 34.4. The van der Waals surface area contributed by atoms with Crippen LogP contribution in [-0.2, 0) is 48.3 Å². The van der Waals surface area contributed by atoms with Crippen LogP contribution in [0.15, 0.2) is 72.8 Å². The Bertz CT molecular complexity index is 2310. The Balaban J connectivity index is 1.39. The Morgan fingerprint density at radius 1 is 0.708 bits per heavy atom. The first-order valence-corrected chi connectivity index (χ1v) is 24.1. The number of aryl methyl sites for hydroxylation is 1. The van der Waals surface area contributed by atoms with Crippen LogP contribution in [0.1, 0.15) is 51.9 Å². The fraction of sp³-hybridized carbons (Fsp3) is 0.449. The summed E-state index contributed by atoms with van der Waals surface area (Å²) in [5, 5.41) is 21.0. The normalized spacial score (nSPS) is 15.7. The van der Waals surface area contributed by atoms with E-state index in [0.717, 1.165) is 22.3 Å². The minimum atomic E-state index is -1.20. The van der Waals surface area contributed by atoms with E-state index in [1.807, 2.05) is 87.2 Å². The van der Waals surface area contributed by atoms with Gasteiger partial charge in [-0.05, 0) is 85.8 Å². The summed E-state index contributed by atoms with van der Waals surface area (Å²) in [6.45, 7) is 5.18. The van der Waals surface area contributed by atoms with Crippen LogP contribution in [0, 0.1) is 6.92 Å². The second-order valence-corrected chi connectivity index (χ2v) is 18.2. The molecule has 1 aliphatic rings. The highest BCUT2D eigenvalue weighted by molar-refractivity contribution is 7.80. The smallest absolute Gasteiger partial charge is 0.326 e. The van der Waals surface area contributed by atoms with Crippen molar-refractivity contribution in [3.05, 3.63) is 101 Å². The second kappa shape index (κ2) is 30.0. The van der Waals surface area contributed by atoms with Gasteiger partial charge in [0.25, 0.3) is 5.91 Å². The van der Waals surface area contributed by atoms with Gasteiger partial charge in [0, 0.05) is 82.7 Å². The van der Waals surface area contributed by atoms with Crippen molar-refractivity contribution in [2.75, 3.05) is 90.4 Å². The summed E-state index contributed by atoms with van der Waals surface area (Å²) in [5.74, 6) is -3.51. The van der Waals surface area contributed by atoms with Crippen molar-refractivity contribution in [2.24, 2.45) is 22.9 Å². The molecule has 22 nitrogen and oxygen atoms in total. The zero-order chi connectivity index (χ0) is 52.6. The van der Waals surface area contributed by atoms with E-state index in [2.05, 4.69) is 21.3 Å². The topological polar surface area (TPSA) is 325 Å². The summed E-state index contributed by atoms with van der Waals surface area (Å²) in [7, 11) is 0. The fourth-order valence-electron chi connectivity index (χ4n) is 8.19. The summed E-state index contributed by atoms with van der Waals surface area (Å²) in [6.07, 6.45) is 1.96. The number of hydrogen-bond acceptors (Lipinski definition) is 13. The third-order valence-electron chi connectivity index (χ3n) is 11.9. The molecule has 0 saturated carbocycles. The molecule has 0 bridgehead atoms. The number of nitrogens with one attached hydrogen (secondary N) is 4. The van der Waals surface area contributed by atoms with Crippen molar-refractivity contribution in [2.45, 2.75) is 57.8 Å². The van der Waals surface area contributed by atoms with Gasteiger partial charge in [-0.25, -0.2) is 9.59 Å². The Hall–Kier alpha value is -7.05. The monoisotopic (exact) mass is 1020 g/mol. The van der Waals surface area contributed by atoms with Crippen LogP contribution in [0.3, 0.4) is 0 Å². The molecule has 1 saturated heterocycles. The van der Waals surface area contributed by atoms with Gasteiger partial charge in [-0.1, -0.05) is 54.1 Å². The molecule has 2 unspecified atom stereocenters. The second-order valence-electron chi connectivity index (χ2n) is 17.8. The molecule has 0 radical (unpaired) electrons. The number of nitrogens with zero attached hydrogens (tertiary/aromatic N) is 5. The molecule has 3 aromatic carbocycles. The highest BCUT2D eigenvalue weighted by Crippen LogP contribution is 2.18. The van der Waals surface area contributed by atoms with E-state index in [1.54, 1.807) is 17.0 Å². The van der Waals surface area contributed by atoms with Crippen molar-refractivity contribution in [3.63, 3.8) is 0 Å². The van der Waals surface area contributed by atoms with Crippen LogP contribution in [0.25, 0.3) is 0 Å². The molecule has 72 heavy (non-hydrogen) atoms. The highest BCUT2D eigenvalue weighted by Gasteiger charge is 2.27. The standard InChI is InChI=1S/C49H69N13O9S/c1-34-5-7-37(8-6-34)28-62(18-3-2-4-41(47(69)70)57-48(71)54-17-25-63)46(68)38-13-9-36(10-14-38)27-55-49(72)56-39-15-11-35(12-16-39)26-40-29-60(32-44(52)66)22-21-58(30-42(50)64)19-20-59(31-43(51)65)23-24-61(40)33-45(53)67/h5-16,25,40-41H,2-4,17-24,26-33H2,1H3,(H2,50,64)(H2,51,65)(H2,52,66)(H2,53,67)(H,69,70)(H2,54,57,71)(H2,55,56,72). The number of unbranched alkanes of at least 4 members (excludes halogenated alkanes) is 1. The number of rotatable bonds is 25. The summed E-state index contributed by atoms with van der Waals surface area (Å²) in [4.78, 5) is 106. The lowest BCUT2D eigenvalue weighted by Gasteiger charge is -2.38. The largest absolute Gasteiger partial charge is 0.480 e. The van der Waals surface area contributed by atoms with E-state index in [4.69, 9.17) is 35.2 Å². The number of nitrogens with two attached hydrogens (primary N) is 4. The predicted octanol–water partition coefficient (Wildman–Crippen LogP) is -0.680. The Morgan fingerprint density at radius 2 is 1.25 bits per heavy atom. The molecular weight excluding hydrogens is 947 g/mol. The van der Waals surface area contributed by atoms with Crippen LogP contribution in [-0.4, -0.2) is 180 Å². The van der Waals surface area contributed by atoms with Gasteiger partial charge in [0.05, 0.1) is 32.7 Å². The number of thiocarbonyl (C=S) groups is 1. The number of anilines is 1. The van der Waals surface area contributed by atoms with E-state index in [-0.39, 0.29) is 51.1 Å². The van der Waals surface area contributed by atoms with Gasteiger partial charge in [-0.3, -0.25) is 43.6 Å². The lowest BCUT2D eigenvalue weighted by atomic mass is 10.0. The number of carbonyl (C=O) groups excluding carboxylic acids is 7. The SMILES string of the molecule is Cc1ccc(CN(CCCCC(NC(=O)NCC=O)C(=O)O)C(=O)c2ccc(CNC(=S)Nc3ccc(CC4CN(CC(N)=O)CCN(CC(N)=O)CCN(CC(N)=O)CCN4CC(N)=O)cc3)cc2)cc1. The zero-order valence-corrected chi connectivity index (χ0v) is 41.6. The van der Waals surface area contributed by atoms with Gasteiger partial charge in [-0.2, -0.15) is 0 Å². The first-order valence-electron chi connectivity index (χ1n) is 23.7. The maximum Gasteiger partial charge on any atom is 0.326 e. The van der Waals surface area contributed by atoms with Crippen molar-refractivity contribution in [3.8, 4) is 0 Å². The predicted molar refractivity (Wildman–Crippen MR) is 275 cm³/mol. The Kier molecular flexibility index (Phi) is 23.9. The molecule has 7 amide bonds. The molecule has 23 heteroatoms. The van der Waals surface area contributed by atoms with Gasteiger partial charge >= 0.3 is 12.0 Å². The molecule has 2 atom stereocenters. The zero-order valence-electron chi connectivity index (χ0n) is 40.8. The number of benzene rings is 3. The molecule has 0 aromatic heterocycles. The van der Waals surface area contributed by atoms with E-state index in [0.29, 0.717) is 107 Å². The molecule has 4 rings (SSSR count). The number of primary amides is 4. The van der Waals surface area contributed by atoms with Crippen LogP contribution in [0.2, 0.25) is 0 Å². The molecule has 1 aliphatic heterocycles. The van der Waals surface area contributed by atoms with Crippen molar-refractivity contribution in [1.82, 2.24) is 40.4 Å². The Labute approximate surface area is 425 Å². The van der Waals surface area contributed by atoms with E-state index in [1.165, 1.54) is 0 Å². The molecule has 0 aliphatic carbocycles. The molecule has 1 fully saturated rings. The van der Waals surface area contributed by atoms with Crippen LogP contribution in [0.5, 0.6) is 0 Å². The highest BCUT2D eigenvalue weighted by atomic mass is 32.1. The van der Waals surface area contributed by atoms with Crippen molar-refractivity contribution in [1.29, 1.82) is 0 Å². The third-order valence-corrected chi connectivity index (χ3v) is 12.1. The summed E-state index contributed by atoms with van der Waals surface area (Å²) in [5.41, 5.74) is 27.5. The molecule has 390 valence electrons. The number of aldehydes is 1. The maximum atomic E-state index is 13.9. The molecule has 13 N–H and O–H groups in total. The van der Waals surface area contributed by atoms with Crippen molar-refractivity contribution >= 4 is 70.8 Å². The maximum absolute atomic E-state index is 13.9. The summed E-state index contributed by atoms with van der Waals surface area (Å²) in [6, 6.07) is 20.4. The van der Waals surface area contributed by atoms with E-state index in [9.17, 15) is 43.5 Å². The van der Waals surface area contributed by atoms with Gasteiger partial charge in [0.1, 0.15) is 12.3 Å². The van der Waals surface area contributed by atoms with Crippen LogP contribution < -0.4 is 44.2 Å². The average molecular weight is 1020 g/mol. The fourth-order valence-corrected chi connectivity index (χ4v) is 8.38. The summed E-state index contributed by atoms with van der Waals surface area (Å²) >= 11 is 5.62. The van der Waals surface area contributed by atoms with Gasteiger partial charge in [-0.15, -0.1) is 0 Å². The Morgan fingerprint density at radius 3 is 1.82 bits per heavy atom. The molecule has 3 aromatic rings. The first kappa shape index (κ1) is 57.5. The number of carbonyl (C=O) groups is 8. The van der Waals surface area contributed by atoms with Gasteiger partial charge in [0.2, 0.25) is 23.6 Å². The number of aliphatic carboxylic acids is 1. The molecular formula is C49H69N13O9S. The van der Waals surface area contributed by atoms with Crippen LogP contribution in [0.4, 0.5) is 10.5 Å². The minimum absolute atomic E-state index is 0.0168. The quantitative estimate of drug-likeness (QED) is 0.0289. The number of urea groups is 1. The number of amides is 7. The average Bonchev–Trinajstić information content (AvgIpc) is 3.32. The molecule has 0 spiro atoms. The van der Waals surface area contributed by atoms with Gasteiger partial charge < -0.3 is 59.0 Å². The van der Waals surface area contributed by atoms with Gasteiger partial charge in [0.15, 0.2) is 5.11 Å². The number of carboxylic acids is 1. The minimum Gasteiger partial charge on any atom is -0.480 e.